The molecular weight excluding hydrogens is 304 g/mol. The van der Waals surface area contributed by atoms with Gasteiger partial charge in [-0.15, -0.1) is 0 Å². The number of thioether (sulfide) groups is 1. The monoisotopic (exact) mass is 320 g/mol. The summed E-state index contributed by atoms with van der Waals surface area (Å²) in [6.45, 7) is 2.59. The Morgan fingerprint density at radius 1 is 1.53 bits per heavy atom. The number of aryl methyl sites for hydroxylation is 1. The van der Waals surface area contributed by atoms with E-state index >= 15 is 0 Å². The first-order valence-corrected chi connectivity index (χ1v) is 9.88. The number of sulfone groups is 1. The molecule has 1 unspecified atom stereocenters. The van der Waals surface area contributed by atoms with Crippen LogP contribution < -0.4 is 4.90 Å². The van der Waals surface area contributed by atoms with Gasteiger partial charge >= 0.3 is 0 Å². The lowest BCUT2D eigenvalue weighted by Crippen LogP contribution is -2.47. The standard InChI is InChI=1S/C11H16N2O3S3/c1-3-8-9(6-14)18-11(12-8)13-4-5-17-7-10(13)19(2,15)16/h6,10H,3-5,7H2,1-2H3. The van der Waals surface area contributed by atoms with E-state index in [0.29, 0.717) is 28.7 Å². The first-order chi connectivity index (χ1) is 8.97. The number of hydrogen-bond acceptors (Lipinski definition) is 7. The molecule has 8 heteroatoms. The van der Waals surface area contributed by atoms with E-state index in [-0.39, 0.29) is 0 Å². The lowest BCUT2D eigenvalue weighted by molar-refractivity contribution is 0.112. The van der Waals surface area contributed by atoms with Crippen LogP contribution in [0, 0.1) is 0 Å². The van der Waals surface area contributed by atoms with Crippen LogP contribution in [0.5, 0.6) is 0 Å². The summed E-state index contributed by atoms with van der Waals surface area (Å²) in [5.41, 5.74) is 0.750. The quantitative estimate of drug-likeness (QED) is 0.782. The van der Waals surface area contributed by atoms with Crippen LogP contribution in [0.3, 0.4) is 0 Å². The third-order valence-electron chi connectivity index (χ3n) is 2.98. The molecule has 106 valence electrons. The highest BCUT2D eigenvalue weighted by molar-refractivity contribution is 8.01. The van der Waals surface area contributed by atoms with Crippen LogP contribution in [0.1, 0.15) is 22.3 Å². The lowest BCUT2D eigenvalue weighted by atomic mass is 10.3. The van der Waals surface area contributed by atoms with Gasteiger partial charge in [-0.25, -0.2) is 13.4 Å². The molecule has 1 fully saturated rings. The first-order valence-electron chi connectivity index (χ1n) is 5.95. The topological polar surface area (TPSA) is 67.3 Å². The Labute approximate surface area is 121 Å². The van der Waals surface area contributed by atoms with Crippen LogP contribution in [-0.2, 0) is 16.3 Å². The van der Waals surface area contributed by atoms with Crippen molar-refractivity contribution in [2.45, 2.75) is 18.7 Å². The van der Waals surface area contributed by atoms with E-state index in [2.05, 4.69) is 4.98 Å². The molecule has 1 aromatic rings. The summed E-state index contributed by atoms with van der Waals surface area (Å²) >= 11 is 2.92. The average molecular weight is 320 g/mol. The fourth-order valence-electron chi connectivity index (χ4n) is 1.97. The van der Waals surface area contributed by atoms with Gasteiger partial charge in [0.05, 0.1) is 10.6 Å². The van der Waals surface area contributed by atoms with Crippen molar-refractivity contribution in [3.05, 3.63) is 10.6 Å². The maximum Gasteiger partial charge on any atom is 0.187 e. The molecule has 1 aliphatic heterocycles. The van der Waals surface area contributed by atoms with Crippen LogP contribution in [0.4, 0.5) is 5.13 Å². The van der Waals surface area contributed by atoms with E-state index in [4.69, 9.17) is 0 Å². The van der Waals surface area contributed by atoms with E-state index in [9.17, 15) is 13.2 Å². The Balaban J connectivity index is 2.37. The Bertz CT molecular complexity index is 568. The summed E-state index contributed by atoms with van der Waals surface area (Å²) in [6, 6.07) is 0. The Kier molecular flexibility index (Phi) is 4.52. The molecule has 1 saturated heterocycles. The number of aldehydes is 1. The first kappa shape index (κ1) is 14.8. The molecule has 0 spiro atoms. The molecule has 1 aliphatic rings. The second-order valence-corrected chi connectivity index (χ2v) is 8.69. The summed E-state index contributed by atoms with van der Waals surface area (Å²) in [4.78, 5) is 17.8. The molecule has 1 aromatic heterocycles. The van der Waals surface area contributed by atoms with Crippen molar-refractivity contribution < 1.29 is 13.2 Å². The molecule has 0 aliphatic carbocycles. The summed E-state index contributed by atoms with van der Waals surface area (Å²) < 4.78 is 23.7. The molecule has 0 saturated carbocycles. The van der Waals surface area contributed by atoms with Gasteiger partial charge in [0.25, 0.3) is 0 Å². The predicted octanol–water partition coefficient (Wildman–Crippen LogP) is 1.44. The van der Waals surface area contributed by atoms with Crippen molar-refractivity contribution in [1.82, 2.24) is 4.98 Å². The van der Waals surface area contributed by atoms with Crippen LogP contribution >= 0.6 is 23.1 Å². The summed E-state index contributed by atoms with van der Waals surface area (Å²) in [5.74, 6) is 1.43. The molecule has 0 aromatic carbocycles. The Hall–Kier alpha value is -0.600. The number of rotatable bonds is 4. The zero-order chi connectivity index (χ0) is 14.0. The van der Waals surface area contributed by atoms with E-state index in [1.165, 1.54) is 17.6 Å². The molecule has 0 radical (unpaired) electrons. The number of carbonyl (C=O) groups excluding carboxylic acids is 1. The van der Waals surface area contributed by atoms with Gasteiger partial charge in [-0.1, -0.05) is 18.3 Å². The van der Waals surface area contributed by atoms with Gasteiger partial charge in [-0.3, -0.25) is 4.79 Å². The molecule has 19 heavy (non-hydrogen) atoms. The Morgan fingerprint density at radius 2 is 2.26 bits per heavy atom. The summed E-state index contributed by atoms with van der Waals surface area (Å²) in [6.07, 6.45) is 2.73. The van der Waals surface area contributed by atoms with Gasteiger partial charge in [-0.2, -0.15) is 11.8 Å². The van der Waals surface area contributed by atoms with Crippen LogP contribution in [-0.4, -0.2) is 49.4 Å². The van der Waals surface area contributed by atoms with Gasteiger partial charge in [0.15, 0.2) is 21.3 Å². The van der Waals surface area contributed by atoms with Gasteiger partial charge in [0.2, 0.25) is 0 Å². The minimum absolute atomic E-state index is 0.540. The minimum atomic E-state index is -3.16. The van der Waals surface area contributed by atoms with Gasteiger partial charge in [-0.05, 0) is 6.42 Å². The Morgan fingerprint density at radius 3 is 2.79 bits per heavy atom. The number of thiazole rings is 1. The molecule has 0 N–H and O–H groups in total. The zero-order valence-electron chi connectivity index (χ0n) is 10.8. The lowest BCUT2D eigenvalue weighted by Gasteiger charge is -2.33. The van der Waals surface area contributed by atoms with Crippen molar-refractivity contribution in [2.75, 3.05) is 29.2 Å². The molecule has 1 atom stereocenters. The molecule has 5 nitrogen and oxygen atoms in total. The maximum atomic E-state index is 11.9. The van der Waals surface area contributed by atoms with Crippen LogP contribution in [0.2, 0.25) is 0 Å². The SMILES string of the molecule is CCc1nc(N2CCSCC2S(C)(=O)=O)sc1C=O. The third kappa shape index (κ3) is 3.11. The summed E-state index contributed by atoms with van der Waals surface area (Å²) in [7, 11) is -3.16. The normalized spacial score (nSPS) is 20.5. The predicted molar refractivity (Wildman–Crippen MR) is 80.2 cm³/mol. The average Bonchev–Trinajstić information content (AvgIpc) is 2.81. The molecule has 2 heterocycles. The van der Waals surface area contributed by atoms with E-state index in [1.54, 1.807) is 11.8 Å². The number of aromatic nitrogens is 1. The van der Waals surface area contributed by atoms with Crippen molar-refractivity contribution in [3.8, 4) is 0 Å². The largest absolute Gasteiger partial charge is 0.329 e. The highest BCUT2D eigenvalue weighted by Crippen LogP contribution is 2.31. The van der Waals surface area contributed by atoms with Crippen molar-refractivity contribution in [3.63, 3.8) is 0 Å². The zero-order valence-corrected chi connectivity index (χ0v) is 13.3. The molecular formula is C11H16N2O3S3. The number of anilines is 1. The van der Waals surface area contributed by atoms with E-state index in [0.717, 1.165) is 17.7 Å². The van der Waals surface area contributed by atoms with Gasteiger partial charge < -0.3 is 4.90 Å². The van der Waals surface area contributed by atoms with Crippen LogP contribution in [0.15, 0.2) is 0 Å². The van der Waals surface area contributed by atoms with E-state index in [1.807, 2.05) is 11.8 Å². The van der Waals surface area contributed by atoms with Crippen molar-refractivity contribution in [2.24, 2.45) is 0 Å². The fourth-order valence-corrected chi connectivity index (χ4v) is 5.90. The molecule has 0 bridgehead atoms. The molecule has 0 amide bonds. The number of carbonyl (C=O) groups is 1. The second-order valence-electron chi connectivity index (χ2n) is 4.33. The molecule has 2 rings (SSSR count). The van der Waals surface area contributed by atoms with E-state index < -0.39 is 15.2 Å². The second kappa shape index (κ2) is 5.80. The minimum Gasteiger partial charge on any atom is -0.329 e. The van der Waals surface area contributed by atoms with Crippen molar-refractivity contribution in [1.29, 1.82) is 0 Å². The van der Waals surface area contributed by atoms with Gasteiger partial charge in [0.1, 0.15) is 5.37 Å². The number of nitrogens with zero attached hydrogens (tertiary/aromatic N) is 2. The highest BCUT2D eigenvalue weighted by atomic mass is 32.2. The van der Waals surface area contributed by atoms with Gasteiger partial charge in [0, 0.05) is 24.3 Å². The van der Waals surface area contributed by atoms with Crippen LogP contribution in [0.25, 0.3) is 0 Å². The van der Waals surface area contributed by atoms with Crippen molar-refractivity contribution >= 4 is 44.4 Å². The summed E-state index contributed by atoms with van der Waals surface area (Å²) in [5, 5.41) is 0.108. The fraction of sp³-hybridized carbons (Fsp3) is 0.636. The third-order valence-corrected chi connectivity index (χ3v) is 6.69. The smallest absolute Gasteiger partial charge is 0.187 e. The number of hydrogen-bond donors (Lipinski definition) is 0. The highest BCUT2D eigenvalue weighted by Gasteiger charge is 2.33. The maximum absolute atomic E-state index is 11.9.